The van der Waals surface area contributed by atoms with Gasteiger partial charge in [0.2, 0.25) is 0 Å². The molecule has 43 heavy (non-hydrogen) atoms. The topological polar surface area (TPSA) is 102 Å². The number of hydrogen-bond donors (Lipinski definition) is 1. The van der Waals surface area contributed by atoms with Gasteiger partial charge in [-0.3, -0.25) is 14.9 Å². The van der Waals surface area contributed by atoms with Crippen molar-refractivity contribution in [1.82, 2.24) is 19.8 Å². The van der Waals surface area contributed by atoms with Crippen LogP contribution < -0.4 is 20.1 Å². The molecular weight excluding hydrogens is 542 g/mol. The van der Waals surface area contributed by atoms with Crippen molar-refractivity contribution >= 4 is 34.2 Å². The van der Waals surface area contributed by atoms with Gasteiger partial charge in [0.05, 0.1) is 49.4 Å². The van der Waals surface area contributed by atoms with E-state index in [4.69, 9.17) is 24.9 Å². The zero-order valence-electron chi connectivity index (χ0n) is 26.1. The van der Waals surface area contributed by atoms with Gasteiger partial charge in [-0.25, -0.2) is 4.98 Å². The lowest BCUT2D eigenvalue weighted by atomic mass is 10.1. The Hall–Kier alpha value is -3.73. The lowest BCUT2D eigenvalue weighted by molar-refractivity contribution is -0.0790. The third-order valence-corrected chi connectivity index (χ3v) is 8.30. The van der Waals surface area contributed by atoms with Crippen molar-refractivity contribution < 1.29 is 14.2 Å². The smallest absolute Gasteiger partial charge is 0.124 e. The highest BCUT2D eigenvalue weighted by Crippen LogP contribution is 2.34. The van der Waals surface area contributed by atoms with Crippen LogP contribution >= 0.6 is 0 Å². The monoisotopic (exact) mass is 587 g/mol. The standard InChI is InChI=1S/C33H45N7O3/c1-23-20-39(21-24(2)43-23)27-9-12-38(22-27)10-6-11-40(28-13-29(41-4)16-30(14-28)42-5)26-7-8-31-32(15-26)37-33(19-36-31)25(17-34)18-35-3/h7-8,13-19,23-24,27H,6,9-12,20-22,34H2,1-5H3/t23-,24-,27?/m1/s1. The molecule has 3 heterocycles. The van der Waals surface area contributed by atoms with Gasteiger partial charge in [-0.05, 0) is 58.0 Å². The number of aromatic nitrogens is 2. The molecule has 10 heteroatoms. The Morgan fingerprint density at radius 1 is 1.05 bits per heavy atom. The maximum Gasteiger partial charge on any atom is 0.124 e. The highest BCUT2D eigenvalue weighted by molar-refractivity contribution is 6.09. The van der Waals surface area contributed by atoms with E-state index in [2.05, 4.69) is 62.8 Å². The first-order chi connectivity index (χ1) is 20.9. The maximum atomic E-state index is 5.97. The van der Waals surface area contributed by atoms with Gasteiger partial charge in [0.25, 0.3) is 0 Å². The molecule has 3 atom stereocenters. The van der Waals surface area contributed by atoms with Gasteiger partial charge in [0.15, 0.2) is 0 Å². The van der Waals surface area contributed by atoms with E-state index in [0.29, 0.717) is 23.9 Å². The first-order valence-corrected chi connectivity index (χ1v) is 15.1. The number of aliphatic imine (C=N–C) groups is 1. The molecule has 0 bridgehead atoms. The maximum absolute atomic E-state index is 5.97. The van der Waals surface area contributed by atoms with Crippen molar-refractivity contribution in [1.29, 1.82) is 0 Å². The molecule has 230 valence electrons. The van der Waals surface area contributed by atoms with Crippen LogP contribution in [0.2, 0.25) is 0 Å². The summed E-state index contributed by atoms with van der Waals surface area (Å²) in [4.78, 5) is 21.2. The molecule has 3 aromatic rings. The largest absolute Gasteiger partial charge is 0.497 e. The molecule has 2 N–H and O–H groups in total. The van der Waals surface area contributed by atoms with E-state index in [9.17, 15) is 0 Å². The SMILES string of the molecule is CN=CC(=CN)c1cnc2ccc(N(CCCN3CCC(N4C[C@@H](C)O[C@H](C)C4)C3)c3cc(OC)cc(OC)c3)cc2n1. The van der Waals surface area contributed by atoms with E-state index in [0.717, 1.165) is 85.2 Å². The number of nitrogens with two attached hydrogens (primary N) is 1. The van der Waals surface area contributed by atoms with Crippen LogP contribution in [0.5, 0.6) is 11.5 Å². The minimum atomic E-state index is 0.298. The number of methoxy groups -OCH3 is 2. The number of allylic oxidation sites excluding steroid dienone is 1. The first kappa shape index (κ1) is 30.7. The summed E-state index contributed by atoms with van der Waals surface area (Å²) in [6, 6.07) is 12.8. The minimum Gasteiger partial charge on any atom is -0.497 e. The Morgan fingerprint density at radius 2 is 1.79 bits per heavy atom. The number of fused-ring (bicyclic) bond motifs is 1. The van der Waals surface area contributed by atoms with Crippen molar-refractivity contribution in [2.75, 3.05) is 65.4 Å². The Morgan fingerprint density at radius 3 is 2.47 bits per heavy atom. The summed E-state index contributed by atoms with van der Waals surface area (Å²) in [6.07, 6.45) is 7.73. The third kappa shape index (κ3) is 7.44. The molecule has 2 saturated heterocycles. The zero-order valence-corrected chi connectivity index (χ0v) is 26.1. The van der Waals surface area contributed by atoms with Gasteiger partial charge in [-0.15, -0.1) is 0 Å². The van der Waals surface area contributed by atoms with Crippen molar-refractivity contribution in [2.45, 2.75) is 44.9 Å². The fourth-order valence-corrected chi connectivity index (χ4v) is 6.28. The summed E-state index contributed by atoms with van der Waals surface area (Å²) in [7, 11) is 5.07. The normalized spacial score (nSPS) is 22.0. The second kappa shape index (κ2) is 14.2. The number of nitrogens with zero attached hydrogens (tertiary/aromatic N) is 6. The van der Waals surface area contributed by atoms with Crippen LogP contribution in [0, 0.1) is 0 Å². The first-order valence-electron chi connectivity index (χ1n) is 15.1. The average molecular weight is 588 g/mol. The molecule has 2 fully saturated rings. The number of morpholine rings is 1. The van der Waals surface area contributed by atoms with Crippen molar-refractivity contribution in [2.24, 2.45) is 10.7 Å². The van der Waals surface area contributed by atoms with E-state index >= 15 is 0 Å². The predicted octanol–water partition coefficient (Wildman–Crippen LogP) is 4.36. The van der Waals surface area contributed by atoms with E-state index < -0.39 is 0 Å². The third-order valence-electron chi connectivity index (χ3n) is 8.30. The summed E-state index contributed by atoms with van der Waals surface area (Å²) in [6.45, 7) is 10.5. The van der Waals surface area contributed by atoms with Gasteiger partial charge in [-0.1, -0.05) is 0 Å². The molecule has 0 radical (unpaired) electrons. The molecule has 1 aromatic heterocycles. The van der Waals surface area contributed by atoms with E-state index in [-0.39, 0.29) is 0 Å². The van der Waals surface area contributed by atoms with Crippen LogP contribution in [0.25, 0.3) is 16.6 Å². The van der Waals surface area contributed by atoms with Gasteiger partial charge in [0, 0.05) is 86.8 Å². The second-order valence-electron chi connectivity index (χ2n) is 11.5. The van der Waals surface area contributed by atoms with Crippen LogP contribution in [-0.2, 0) is 4.74 Å². The van der Waals surface area contributed by atoms with Crippen molar-refractivity contribution in [3.63, 3.8) is 0 Å². The van der Waals surface area contributed by atoms with E-state index in [1.54, 1.807) is 33.7 Å². The van der Waals surface area contributed by atoms with Gasteiger partial charge >= 0.3 is 0 Å². The zero-order chi connectivity index (χ0) is 30.3. The fourth-order valence-electron chi connectivity index (χ4n) is 6.28. The van der Waals surface area contributed by atoms with Gasteiger partial charge < -0.3 is 29.7 Å². The minimum absolute atomic E-state index is 0.298. The summed E-state index contributed by atoms with van der Waals surface area (Å²) >= 11 is 0. The van der Waals surface area contributed by atoms with Crippen LogP contribution in [0.1, 0.15) is 32.4 Å². The Balaban J connectivity index is 1.37. The Kier molecular flexibility index (Phi) is 10.1. The number of ether oxygens (including phenoxy) is 3. The second-order valence-corrected chi connectivity index (χ2v) is 11.5. The highest BCUT2D eigenvalue weighted by atomic mass is 16.5. The number of hydrogen-bond acceptors (Lipinski definition) is 10. The van der Waals surface area contributed by atoms with Gasteiger partial charge in [0.1, 0.15) is 11.5 Å². The van der Waals surface area contributed by atoms with Crippen molar-refractivity contribution in [3.8, 4) is 11.5 Å². The number of benzene rings is 2. The van der Waals surface area contributed by atoms with Crippen molar-refractivity contribution in [3.05, 3.63) is 54.5 Å². The lowest BCUT2D eigenvalue weighted by Gasteiger charge is -2.39. The average Bonchev–Trinajstić information content (AvgIpc) is 3.50. The molecular formula is C33H45N7O3. The number of likely N-dealkylation sites (tertiary alicyclic amines) is 1. The Bertz CT molecular complexity index is 1410. The van der Waals surface area contributed by atoms with Crippen LogP contribution in [0.15, 0.2) is 53.8 Å². The Labute approximate surface area is 255 Å². The molecule has 0 amide bonds. The van der Waals surface area contributed by atoms with E-state index in [1.165, 1.54) is 12.6 Å². The molecule has 2 aliphatic heterocycles. The van der Waals surface area contributed by atoms with E-state index in [1.807, 2.05) is 12.1 Å². The predicted molar refractivity (Wildman–Crippen MR) is 174 cm³/mol. The molecule has 0 spiro atoms. The molecule has 10 nitrogen and oxygen atoms in total. The summed E-state index contributed by atoms with van der Waals surface area (Å²) in [5, 5.41) is 0. The highest BCUT2D eigenvalue weighted by Gasteiger charge is 2.32. The number of anilines is 2. The molecule has 2 aliphatic rings. The quantitative estimate of drug-likeness (QED) is 0.328. The molecule has 0 saturated carbocycles. The fraction of sp³-hybridized carbons (Fsp3) is 0.485. The van der Waals surface area contributed by atoms with Gasteiger partial charge in [-0.2, -0.15) is 0 Å². The summed E-state index contributed by atoms with van der Waals surface area (Å²) < 4.78 is 17.2. The van der Waals surface area contributed by atoms with Crippen LogP contribution in [0.3, 0.4) is 0 Å². The number of rotatable bonds is 11. The molecule has 1 unspecified atom stereocenters. The lowest BCUT2D eigenvalue weighted by Crippen LogP contribution is -2.50. The molecule has 5 rings (SSSR count). The summed E-state index contributed by atoms with van der Waals surface area (Å²) in [5.74, 6) is 1.49. The summed E-state index contributed by atoms with van der Waals surface area (Å²) in [5.41, 5.74) is 10.9. The molecule has 0 aliphatic carbocycles. The van der Waals surface area contributed by atoms with Crippen LogP contribution in [0.4, 0.5) is 11.4 Å². The van der Waals surface area contributed by atoms with Crippen LogP contribution in [-0.4, -0.2) is 105 Å². The molecule has 2 aromatic carbocycles.